The first kappa shape index (κ1) is 12.5. The lowest BCUT2D eigenvalue weighted by molar-refractivity contribution is -0.131. The Hall–Kier alpha value is -1.55. The topological polar surface area (TPSA) is 55.8 Å². The molecular formula is C12H15O4. The third-order valence-corrected chi connectivity index (χ3v) is 1.79. The maximum absolute atomic E-state index is 10.8. The third-order valence-electron chi connectivity index (χ3n) is 1.79. The van der Waals surface area contributed by atoms with Crippen LogP contribution in [0.25, 0.3) is 0 Å². The van der Waals surface area contributed by atoms with Crippen LogP contribution in [0.1, 0.15) is 25.8 Å². The lowest BCUT2D eigenvalue weighted by Gasteiger charge is -2.09. The van der Waals surface area contributed by atoms with Crippen LogP contribution in [0, 0.1) is 6.61 Å². The summed E-state index contributed by atoms with van der Waals surface area (Å²) >= 11 is 0. The molecule has 0 aliphatic carbocycles. The molecule has 0 aliphatic rings. The quantitative estimate of drug-likeness (QED) is 0.614. The van der Waals surface area contributed by atoms with Gasteiger partial charge in [0.15, 0.2) is 0 Å². The van der Waals surface area contributed by atoms with E-state index in [2.05, 4.69) is 0 Å². The van der Waals surface area contributed by atoms with Crippen LogP contribution in [0.4, 0.5) is 0 Å². The van der Waals surface area contributed by atoms with Crippen LogP contribution in [0.2, 0.25) is 0 Å². The van der Waals surface area contributed by atoms with Crippen molar-refractivity contribution in [2.45, 2.75) is 20.3 Å². The summed E-state index contributed by atoms with van der Waals surface area (Å²) in [6.45, 7) is 4.83. The van der Waals surface area contributed by atoms with E-state index in [-0.39, 0.29) is 0 Å². The van der Waals surface area contributed by atoms with Crippen molar-refractivity contribution in [2.24, 2.45) is 0 Å². The Labute approximate surface area is 94.8 Å². The van der Waals surface area contributed by atoms with Crippen molar-refractivity contribution < 1.29 is 19.4 Å². The number of hydrogen-bond acceptors (Lipinski definition) is 4. The van der Waals surface area contributed by atoms with E-state index >= 15 is 0 Å². The van der Waals surface area contributed by atoms with Gasteiger partial charge in [-0.25, -0.2) is 0 Å². The molecule has 0 heterocycles. The second-order valence-corrected chi connectivity index (χ2v) is 3.31. The first-order valence-electron chi connectivity index (χ1n) is 5.09. The molecule has 0 unspecified atom stereocenters. The average molecular weight is 223 g/mol. The van der Waals surface area contributed by atoms with Crippen molar-refractivity contribution in [3.8, 4) is 11.5 Å². The van der Waals surface area contributed by atoms with Gasteiger partial charge < -0.3 is 14.6 Å². The molecule has 4 nitrogen and oxygen atoms in total. The Morgan fingerprint density at radius 3 is 2.62 bits per heavy atom. The number of rotatable bonds is 5. The molecule has 0 atom stereocenters. The second-order valence-electron chi connectivity index (χ2n) is 3.31. The zero-order valence-electron chi connectivity index (χ0n) is 9.40. The highest BCUT2D eigenvalue weighted by atomic mass is 16.5. The fourth-order valence-electron chi connectivity index (χ4n) is 1.20. The predicted molar refractivity (Wildman–Crippen MR) is 58.9 cm³/mol. The third kappa shape index (κ3) is 3.90. The minimum atomic E-state index is -0.406. The lowest BCUT2D eigenvalue weighted by atomic mass is 10.2. The first-order chi connectivity index (χ1) is 7.65. The number of ether oxygens (including phenoxy) is 2. The summed E-state index contributed by atoms with van der Waals surface area (Å²) in [5, 5.41) is 8.92. The largest absolute Gasteiger partial charge is 0.493 e. The van der Waals surface area contributed by atoms with Gasteiger partial charge in [-0.15, -0.1) is 0 Å². The molecule has 1 aromatic carbocycles. The molecule has 16 heavy (non-hydrogen) atoms. The molecule has 0 amide bonds. The van der Waals surface area contributed by atoms with Gasteiger partial charge in [0.1, 0.15) is 18.1 Å². The normalized spacial score (nSPS) is 9.94. The highest BCUT2D eigenvalue weighted by Crippen LogP contribution is 2.23. The molecule has 0 saturated heterocycles. The summed E-state index contributed by atoms with van der Waals surface area (Å²) < 4.78 is 10.3. The highest BCUT2D eigenvalue weighted by molar-refractivity contribution is 5.69. The molecule has 87 valence electrons. The summed E-state index contributed by atoms with van der Waals surface area (Å²) in [7, 11) is 0. The fraction of sp³-hybridized carbons (Fsp3) is 0.333. The maximum Gasteiger partial charge on any atom is 0.308 e. The number of esters is 1. The number of aliphatic hydroxyl groups excluding tert-OH is 1. The zero-order valence-corrected chi connectivity index (χ0v) is 9.40. The average Bonchev–Trinajstić information content (AvgIpc) is 2.25. The van der Waals surface area contributed by atoms with Gasteiger partial charge >= 0.3 is 5.97 Å². The SMILES string of the molecule is CCCOc1cc([CH]O)cc(OC(C)=O)c1. The number of carbonyl (C=O) groups is 1. The molecule has 1 radical (unpaired) electrons. The van der Waals surface area contributed by atoms with E-state index in [4.69, 9.17) is 14.6 Å². The van der Waals surface area contributed by atoms with Gasteiger partial charge in [0.2, 0.25) is 0 Å². The molecule has 0 aliphatic heterocycles. The molecule has 0 aromatic heterocycles. The minimum absolute atomic E-state index is 0.362. The summed E-state index contributed by atoms with van der Waals surface area (Å²) in [6.07, 6.45) is 0.885. The van der Waals surface area contributed by atoms with Crippen LogP contribution in [0.3, 0.4) is 0 Å². The first-order valence-corrected chi connectivity index (χ1v) is 5.09. The van der Waals surface area contributed by atoms with Crippen molar-refractivity contribution in [3.05, 3.63) is 30.4 Å². The van der Waals surface area contributed by atoms with Crippen LogP contribution in [0.15, 0.2) is 18.2 Å². The summed E-state index contributed by atoms with van der Waals surface area (Å²) in [4.78, 5) is 10.8. The van der Waals surface area contributed by atoms with E-state index < -0.39 is 5.97 Å². The van der Waals surface area contributed by atoms with E-state index in [1.165, 1.54) is 6.92 Å². The minimum Gasteiger partial charge on any atom is -0.493 e. The Balaban J connectivity index is 2.86. The molecule has 0 bridgehead atoms. The van der Waals surface area contributed by atoms with E-state index in [0.29, 0.717) is 23.7 Å². The molecule has 4 heteroatoms. The van der Waals surface area contributed by atoms with Crippen LogP contribution in [0.5, 0.6) is 11.5 Å². The molecule has 1 rings (SSSR count). The fourth-order valence-corrected chi connectivity index (χ4v) is 1.20. The highest BCUT2D eigenvalue weighted by Gasteiger charge is 2.04. The van der Waals surface area contributed by atoms with Crippen molar-refractivity contribution in [2.75, 3.05) is 6.61 Å². The summed E-state index contributed by atoms with van der Waals surface area (Å²) in [6, 6.07) is 4.84. The van der Waals surface area contributed by atoms with Crippen molar-refractivity contribution in [3.63, 3.8) is 0 Å². The Morgan fingerprint density at radius 1 is 1.38 bits per heavy atom. The molecule has 0 spiro atoms. The van der Waals surface area contributed by atoms with Crippen LogP contribution in [-0.2, 0) is 4.79 Å². The van der Waals surface area contributed by atoms with E-state index in [9.17, 15) is 4.79 Å². The smallest absolute Gasteiger partial charge is 0.308 e. The van der Waals surface area contributed by atoms with Gasteiger partial charge in [-0.1, -0.05) is 6.92 Å². The zero-order chi connectivity index (χ0) is 12.0. The van der Waals surface area contributed by atoms with E-state index in [1.54, 1.807) is 18.2 Å². The van der Waals surface area contributed by atoms with Crippen molar-refractivity contribution >= 4 is 5.97 Å². The number of aliphatic hydroxyl groups is 1. The van der Waals surface area contributed by atoms with Gasteiger partial charge in [0, 0.05) is 13.0 Å². The Bertz CT molecular complexity index is 360. The second kappa shape index (κ2) is 6.12. The van der Waals surface area contributed by atoms with Gasteiger partial charge in [-0.2, -0.15) is 0 Å². The van der Waals surface area contributed by atoms with Gasteiger partial charge in [0.25, 0.3) is 0 Å². The monoisotopic (exact) mass is 223 g/mol. The number of carbonyl (C=O) groups excluding carboxylic acids is 1. The predicted octanol–water partition coefficient (Wildman–Crippen LogP) is 2.28. The van der Waals surface area contributed by atoms with E-state index in [0.717, 1.165) is 13.0 Å². The van der Waals surface area contributed by atoms with Gasteiger partial charge in [-0.3, -0.25) is 4.79 Å². The Kier molecular flexibility index (Phi) is 4.79. The lowest BCUT2D eigenvalue weighted by Crippen LogP contribution is -2.03. The standard InChI is InChI=1S/C12H15O4/c1-3-4-15-11-5-10(8-13)6-12(7-11)16-9(2)14/h5-8,13H,3-4H2,1-2H3. The van der Waals surface area contributed by atoms with Crippen LogP contribution in [-0.4, -0.2) is 17.7 Å². The molecule has 1 N–H and O–H groups in total. The molecule has 0 saturated carbocycles. The number of hydrogen-bond donors (Lipinski definition) is 1. The Morgan fingerprint density at radius 2 is 2.06 bits per heavy atom. The van der Waals surface area contributed by atoms with Crippen molar-refractivity contribution in [1.29, 1.82) is 0 Å². The van der Waals surface area contributed by atoms with Crippen LogP contribution >= 0.6 is 0 Å². The maximum atomic E-state index is 10.8. The van der Waals surface area contributed by atoms with E-state index in [1.807, 2.05) is 6.92 Å². The molecular weight excluding hydrogens is 208 g/mol. The van der Waals surface area contributed by atoms with Crippen molar-refractivity contribution in [1.82, 2.24) is 0 Å². The summed E-state index contributed by atoms with van der Waals surface area (Å²) in [5.74, 6) is 0.527. The van der Waals surface area contributed by atoms with Gasteiger partial charge in [-0.05, 0) is 24.1 Å². The summed E-state index contributed by atoms with van der Waals surface area (Å²) in [5.41, 5.74) is 0.532. The molecule has 1 aromatic rings. The number of benzene rings is 1. The van der Waals surface area contributed by atoms with Crippen LogP contribution < -0.4 is 9.47 Å². The van der Waals surface area contributed by atoms with Gasteiger partial charge in [0.05, 0.1) is 6.61 Å². The molecule has 0 fully saturated rings.